The minimum Gasteiger partial charge on any atom is -0.466 e. The number of carbonyl (C=O) groups excluding carboxylic acids is 2. The summed E-state index contributed by atoms with van der Waals surface area (Å²) >= 11 is 19.9. The number of fused-ring (bicyclic) bond motifs is 4. The van der Waals surface area contributed by atoms with Gasteiger partial charge in [-0.2, -0.15) is 20.4 Å². The van der Waals surface area contributed by atoms with Gasteiger partial charge in [0.15, 0.2) is 40.1 Å². The largest absolute Gasteiger partial charge is 0.466 e. The molecule has 7 N–H and O–H groups in total. The monoisotopic (exact) mass is 1840 g/mol. The summed E-state index contributed by atoms with van der Waals surface area (Å²) in [6, 6.07) is 52.1. The molecule has 0 radical (unpaired) electrons. The van der Waals surface area contributed by atoms with Crippen molar-refractivity contribution in [3.8, 4) is 34.6 Å². The zero-order valence-electron chi connectivity index (χ0n) is 68.3. The molecule has 11 heterocycles. The van der Waals surface area contributed by atoms with E-state index in [2.05, 4.69) is 114 Å². The molecule has 11 aromatic heterocycles. The van der Waals surface area contributed by atoms with Crippen molar-refractivity contribution >= 4 is 118 Å². The maximum Gasteiger partial charge on any atom is 0.339 e. The van der Waals surface area contributed by atoms with Gasteiger partial charge in [0.25, 0.3) is 5.56 Å². The first-order valence-corrected chi connectivity index (χ1v) is 43.2. The number of pyridine rings is 4. The van der Waals surface area contributed by atoms with Crippen LogP contribution in [0.2, 0.25) is 5.15 Å². The number of ether oxygens (including phenoxy) is 1. The number of hydrogen-bond donors (Lipinski definition) is 5. The predicted molar refractivity (Wildman–Crippen MR) is 473 cm³/mol. The Morgan fingerprint density at radius 2 is 0.852 bits per heavy atom. The average molecular weight is 1850 g/mol. The number of amidine groups is 1. The van der Waals surface area contributed by atoms with Crippen LogP contribution in [0, 0.1) is 72.7 Å². The summed E-state index contributed by atoms with van der Waals surface area (Å²) in [6.45, 7) is 10.1. The molecule has 656 valence electrons. The number of Topliss-reactive ketones (excluding diaryl/α,β-unsaturated/α-hetero) is 1. The van der Waals surface area contributed by atoms with Crippen LogP contribution < -0.4 is 22.3 Å². The van der Waals surface area contributed by atoms with Gasteiger partial charge < -0.3 is 26.5 Å². The lowest BCUT2D eigenvalue weighted by molar-refractivity contribution is -0.145. The standard InChI is InChI=1S/C25H19F3N6.C18H13ClFN5.C18H14FN5O.C14H12FN5.C7H7F2N.C6H10O3.Cl3OP/c1-15-9-22(30-13-16-10-18(26)12-19(27)11-16)32-24(31-15)23-20-6-4-8-29-25(20)34(33-23)14-17-5-2-3-7-21(17)28;1-11-9-15(19)23-17(22-11)16-13-6-4-8-21-18(13)25(24-16)10-12-5-2-3-7-14(12)20;1-11-9-15(25)22-17(21-11)16-13-6-4-8-20-18(13)24(23-16)10-12-5-2-3-7-14(12)19;15-11-6-2-1-4-9(11)8-20-14-10(5-3-7-18-14)12(19-20)13(16)17;8-6-1-5(4-10)2-7(9)3-6;1-3-9-6(8)4-5(2)7;1-5(2,3)4/h2-12H,13-14H2,1H3,(H,30,31,32);2-9H,10H2,1H3;2-9H,10H2,1H3,(H,21,22,25);1-7H,8H2,(H3,16,17);1-3H,4,10H2;3-4H2,1-2H3;. The van der Waals surface area contributed by atoms with E-state index in [0.29, 0.717) is 131 Å². The lowest BCUT2D eigenvalue weighted by Gasteiger charge is -2.08. The van der Waals surface area contributed by atoms with Gasteiger partial charge in [0, 0.05) is 101 Å². The zero-order chi connectivity index (χ0) is 91.9. The Kier molecular flexibility index (Phi) is 32.8. The number of H-pyrrole nitrogens is 1. The number of nitrogens with zero attached hydrogens (tertiary/aromatic N) is 17. The van der Waals surface area contributed by atoms with Crippen LogP contribution in [0.4, 0.5) is 40.9 Å². The van der Waals surface area contributed by atoms with Gasteiger partial charge in [0.2, 0.25) is 0 Å². The summed E-state index contributed by atoms with van der Waals surface area (Å²) < 4.78 is 128. The van der Waals surface area contributed by atoms with Crippen LogP contribution in [0.3, 0.4) is 0 Å². The molecule has 27 nitrogen and oxygen atoms in total. The third kappa shape index (κ3) is 26.6. The molecule has 0 bridgehead atoms. The van der Waals surface area contributed by atoms with Crippen molar-refractivity contribution in [3.05, 3.63) is 343 Å². The number of ketones is 1. The normalized spacial score (nSPS) is 10.9. The van der Waals surface area contributed by atoms with E-state index in [4.69, 9.17) is 28.5 Å². The van der Waals surface area contributed by atoms with Crippen molar-refractivity contribution in [2.24, 2.45) is 11.5 Å². The number of esters is 1. The Balaban J connectivity index is 0.000000154. The molecule has 40 heteroatoms. The van der Waals surface area contributed by atoms with Crippen molar-refractivity contribution in [3.63, 3.8) is 0 Å². The van der Waals surface area contributed by atoms with Crippen LogP contribution in [-0.4, -0.2) is 113 Å². The molecular weight excluding hydrogens is 1770 g/mol. The Bertz CT molecular complexity index is 6890. The molecule has 0 spiro atoms. The molecule has 0 atom stereocenters. The molecule has 17 rings (SSSR count). The first-order chi connectivity index (χ1) is 61.2. The number of aryl methyl sites for hydroxylation is 3. The minimum atomic E-state index is -3.22. The molecule has 0 fully saturated rings. The highest BCUT2D eigenvalue weighted by atomic mass is 36.0. The number of halogens is 12. The maximum absolute atomic E-state index is 14.2. The fourth-order valence-electron chi connectivity index (χ4n) is 12.5. The highest BCUT2D eigenvalue weighted by Crippen LogP contribution is 2.61. The fraction of sp³-hybridized carbons (Fsp3) is 0.148. The third-order valence-electron chi connectivity index (χ3n) is 17.8. The number of nitrogens with one attached hydrogen (secondary N) is 3. The SMILES string of the molecule is CCOC(=O)CC(C)=O.Cc1cc(=O)[nH]c(-c2nn(Cc3ccccc3F)c3ncccc23)n1.Cc1cc(Cl)nc(-c2nn(Cc3ccccc3F)c3ncccc23)n1.Cc1cc(NCc2cc(F)cc(F)c2)nc(-c2nn(Cc3ccccc3F)c3ncccc23)n1.N=C(N)c1nn(Cc2ccccc2F)c2ncccc12.NCc1cc(F)cc(F)c1.O=P(Cl)(Cl)Cl. The minimum absolute atomic E-state index is 0.103. The van der Waals surface area contributed by atoms with Crippen LogP contribution in [0.15, 0.2) is 230 Å². The first-order valence-electron chi connectivity index (χ1n) is 38.4. The Morgan fingerprint density at radius 3 is 1.24 bits per heavy atom. The number of anilines is 1. The number of aromatic amines is 1. The van der Waals surface area contributed by atoms with Crippen molar-refractivity contribution in [1.29, 1.82) is 5.41 Å². The molecule has 0 saturated heterocycles. The van der Waals surface area contributed by atoms with Crippen molar-refractivity contribution in [2.75, 3.05) is 11.9 Å². The lowest BCUT2D eigenvalue weighted by Crippen LogP contribution is -2.13. The summed E-state index contributed by atoms with van der Waals surface area (Å²) in [4.78, 5) is 74.7. The first kappa shape index (κ1) is 94.7. The molecular formula is C88H75Cl4F8N22O5P. The molecule has 128 heavy (non-hydrogen) atoms. The van der Waals surface area contributed by atoms with Gasteiger partial charge in [-0.05, 0) is 183 Å². The van der Waals surface area contributed by atoms with Crippen LogP contribution in [0.1, 0.15) is 76.4 Å². The molecule has 0 saturated carbocycles. The number of aromatic nitrogens is 18. The van der Waals surface area contributed by atoms with E-state index >= 15 is 0 Å². The van der Waals surface area contributed by atoms with Crippen LogP contribution >= 0.6 is 50.5 Å². The Hall–Kier alpha value is -14.0. The number of nitrogen functional groups attached to an aromatic ring is 1. The molecule has 6 aromatic carbocycles. The number of hydrogen-bond acceptors (Lipinski definition) is 21. The van der Waals surface area contributed by atoms with E-state index < -0.39 is 34.4 Å². The molecule has 0 aliphatic rings. The predicted octanol–water partition coefficient (Wildman–Crippen LogP) is 18.7. The van der Waals surface area contributed by atoms with E-state index in [-0.39, 0.29) is 86.1 Å². The number of rotatable bonds is 19. The smallest absolute Gasteiger partial charge is 0.339 e. The Labute approximate surface area is 743 Å². The van der Waals surface area contributed by atoms with Crippen LogP contribution in [0.25, 0.3) is 78.7 Å². The van der Waals surface area contributed by atoms with Gasteiger partial charge in [-0.25, -0.2) is 98.7 Å². The van der Waals surface area contributed by atoms with E-state index in [0.717, 1.165) is 34.0 Å². The van der Waals surface area contributed by atoms with E-state index in [1.165, 1.54) is 61.5 Å². The second-order valence-corrected chi connectivity index (χ2v) is 34.6. The van der Waals surface area contributed by atoms with Crippen LogP contribution in [-0.2, 0) is 58.2 Å². The Morgan fingerprint density at radius 1 is 0.484 bits per heavy atom. The van der Waals surface area contributed by atoms with E-state index in [9.17, 15) is 54.1 Å². The van der Waals surface area contributed by atoms with Crippen LogP contribution in [0.5, 0.6) is 0 Å². The summed E-state index contributed by atoms with van der Waals surface area (Å²) in [5, 5.41) is 28.7. The second kappa shape index (κ2) is 44.3. The fourth-order valence-corrected chi connectivity index (χ4v) is 12.7. The van der Waals surface area contributed by atoms with E-state index in [1.807, 2.05) is 38.1 Å². The maximum atomic E-state index is 14.2. The van der Waals surface area contributed by atoms with Crippen molar-refractivity contribution in [2.45, 2.75) is 80.3 Å². The quantitative estimate of drug-likeness (QED) is 0.00954. The molecule has 17 aromatic rings. The van der Waals surface area contributed by atoms with Gasteiger partial charge in [-0.3, -0.25) is 24.4 Å². The molecule has 0 unspecified atom stereocenters. The highest BCUT2D eigenvalue weighted by Gasteiger charge is 2.23. The third-order valence-corrected chi connectivity index (χ3v) is 18.0. The summed E-state index contributed by atoms with van der Waals surface area (Å²) in [6.07, 6.45) is 6.50. The summed E-state index contributed by atoms with van der Waals surface area (Å²) in [5.41, 5.74) is 19.8. The average Bonchev–Trinajstić information content (AvgIpc) is 1.65. The van der Waals surface area contributed by atoms with Gasteiger partial charge >= 0.3 is 11.2 Å². The van der Waals surface area contributed by atoms with Gasteiger partial charge in [-0.15, -0.1) is 0 Å². The summed E-state index contributed by atoms with van der Waals surface area (Å²) in [5.74, 6) is -2.74. The van der Waals surface area contributed by atoms with Gasteiger partial charge in [-0.1, -0.05) is 84.4 Å². The van der Waals surface area contributed by atoms with Gasteiger partial charge in [0.1, 0.15) is 98.3 Å². The number of benzene rings is 6. The van der Waals surface area contributed by atoms with Crippen molar-refractivity contribution < 1.29 is 54.0 Å². The molecule has 0 amide bonds. The summed E-state index contributed by atoms with van der Waals surface area (Å²) in [7, 11) is 0. The topological polar surface area (TPSA) is 369 Å². The second-order valence-electron chi connectivity index (χ2n) is 27.6. The lowest BCUT2D eigenvalue weighted by atomic mass is 10.2. The number of nitrogens with two attached hydrogens (primary N) is 2. The molecule has 0 aliphatic carbocycles. The zero-order valence-corrected chi connectivity index (χ0v) is 72.2. The molecule has 0 aliphatic heterocycles. The number of carbonyl (C=O) groups is 2. The van der Waals surface area contributed by atoms with E-state index in [1.54, 1.807) is 167 Å². The highest BCUT2D eigenvalue weighted by molar-refractivity contribution is 8.24. The van der Waals surface area contributed by atoms with Crippen molar-refractivity contribution in [1.82, 2.24) is 89.0 Å². The van der Waals surface area contributed by atoms with Gasteiger partial charge in [0.05, 0.1) is 54.3 Å².